The predicted octanol–water partition coefficient (Wildman–Crippen LogP) is 1.82. The molecule has 7 heteroatoms. The van der Waals surface area contributed by atoms with E-state index in [1.165, 1.54) is 0 Å². The Kier molecular flexibility index (Phi) is 2.94. The second-order valence-corrected chi connectivity index (χ2v) is 2.78. The second-order valence-electron chi connectivity index (χ2n) is 2.78. The van der Waals surface area contributed by atoms with E-state index < -0.39 is 34.5 Å². The van der Waals surface area contributed by atoms with Gasteiger partial charge in [-0.2, -0.15) is 8.78 Å². The monoisotopic (exact) mass is 221 g/mol. The van der Waals surface area contributed by atoms with Crippen LogP contribution in [0, 0.1) is 15.9 Å². The van der Waals surface area contributed by atoms with E-state index in [0.29, 0.717) is 12.1 Å². The van der Waals surface area contributed by atoms with Gasteiger partial charge in [0.2, 0.25) is 0 Å². The van der Waals surface area contributed by atoms with Crippen LogP contribution in [0.5, 0.6) is 0 Å². The maximum atomic E-state index is 13.0. The molecule has 0 radical (unpaired) electrons. The molecule has 0 amide bonds. The van der Waals surface area contributed by atoms with Crippen molar-refractivity contribution in [2.24, 2.45) is 0 Å². The van der Waals surface area contributed by atoms with Crippen molar-refractivity contribution in [3.8, 4) is 0 Å². The molecule has 82 valence electrons. The smallest absolute Gasteiger partial charge is 0.298 e. The average Bonchev–Trinajstić information content (AvgIpc) is 2.17. The minimum absolute atomic E-state index is 0.388. The van der Waals surface area contributed by atoms with E-state index in [2.05, 4.69) is 0 Å². The van der Waals surface area contributed by atoms with E-state index in [1.807, 2.05) is 0 Å². The van der Waals surface area contributed by atoms with Gasteiger partial charge in [-0.25, -0.2) is 4.39 Å². The lowest BCUT2D eigenvalue weighted by molar-refractivity contribution is -0.385. The third-order valence-corrected chi connectivity index (χ3v) is 1.76. The third kappa shape index (κ3) is 2.24. The number of nitro benzene ring substituents is 1. The summed E-state index contributed by atoms with van der Waals surface area (Å²) in [5, 5.41) is 18.5. The van der Waals surface area contributed by atoms with Crippen LogP contribution in [0.15, 0.2) is 18.2 Å². The van der Waals surface area contributed by atoms with Crippen molar-refractivity contribution < 1.29 is 23.2 Å². The molecule has 0 aliphatic heterocycles. The first-order chi connectivity index (χ1) is 6.88. The molecular weight excluding hydrogens is 215 g/mol. The largest absolute Gasteiger partial charge is 0.390 e. The Hall–Kier alpha value is -1.63. The van der Waals surface area contributed by atoms with Crippen LogP contribution >= 0.6 is 0 Å². The zero-order valence-electron chi connectivity index (χ0n) is 7.28. The van der Waals surface area contributed by atoms with E-state index in [4.69, 9.17) is 5.11 Å². The fourth-order valence-corrected chi connectivity index (χ4v) is 0.999. The number of benzene rings is 1. The summed E-state index contributed by atoms with van der Waals surface area (Å²) in [6.45, 7) is -1.55. The Morgan fingerprint density at radius 1 is 1.47 bits per heavy atom. The van der Waals surface area contributed by atoms with Gasteiger partial charge in [0.15, 0.2) is 0 Å². The highest BCUT2D eigenvalue weighted by Crippen LogP contribution is 2.31. The van der Waals surface area contributed by atoms with Gasteiger partial charge in [0, 0.05) is 6.07 Å². The highest BCUT2D eigenvalue weighted by Gasteiger charge is 2.34. The highest BCUT2D eigenvalue weighted by molar-refractivity contribution is 5.36. The maximum Gasteiger partial charge on any atom is 0.298 e. The van der Waals surface area contributed by atoms with Gasteiger partial charge in [0.05, 0.1) is 16.6 Å². The van der Waals surface area contributed by atoms with Gasteiger partial charge in [-0.15, -0.1) is 0 Å². The summed E-state index contributed by atoms with van der Waals surface area (Å²) < 4.78 is 38.6. The van der Waals surface area contributed by atoms with Gasteiger partial charge in [-0.05, 0) is 6.07 Å². The Morgan fingerprint density at radius 2 is 2.07 bits per heavy atom. The first-order valence-electron chi connectivity index (χ1n) is 3.81. The normalized spacial score (nSPS) is 11.5. The quantitative estimate of drug-likeness (QED) is 0.625. The minimum atomic E-state index is -3.74. The molecule has 1 N–H and O–H groups in total. The summed E-state index contributed by atoms with van der Waals surface area (Å²) in [4.78, 5) is 9.29. The van der Waals surface area contributed by atoms with Gasteiger partial charge in [-0.1, -0.05) is 0 Å². The van der Waals surface area contributed by atoms with Gasteiger partial charge < -0.3 is 5.11 Å². The lowest BCUT2D eigenvalue weighted by Gasteiger charge is -2.13. The zero-order valence-corrected chi connectivity index (χ0v) is 7.28. The van der Waals surface area contributed by atoms with Crippen LogP contribution in [0.2, 0.25) is 0 Å². The molecule has 0 aromatic heterocycles. The van der Waals surface area contributed by atoms with Crippen molar-refractivity contribution >= 4 is 5.69 Å². The molecule has 0 spiro atoms. The van der Waals surface area contributed by atoms with Crippen LogP contribution in [-0.2, 0) is 5.92 Å². The maximum absolute atomic E-state index is 13.0. The summed E-state index contributed by atoms with van der Waals surface area (Å²) >= 11 is 0. The fourth-order valence-electron chi connectivity index (χ4n) is 0.999. The molecule has 0 aliphatic rings. The molecule has 0 unspecified atom stereocenters. The van der Waals surface area contributed by atoms with Crippen molar-refractivity contribution in [2.75, 3.05) is 6.61 Å². The molecular formula is C8H6F3NO3. The number of alkyl halides is 2. The summed E-state index contributed by atoms with van der Waals surface area (Å²) in [6, 6.07) is 1.73. The van der Waals surface area contributed by atoms with E-state index >= 15 is 0 Å². The van der Waals surface area contributed by atoms with Crippen molar-refractivity contribution in [3.05, 3.63) is 39.7 Å². The standard InChI is InChI=1S/C8H6F3NO3/c9-7-3-5(12(14)15)1-2-6(7)8(10,11)4-13/h1-3,13H,4H2. The van der Waals surface area contributed by atoms with Crippen LogP contribution in [0.4, 0.5) is 18.9 Å². The first kappa shape index (κ1) is 11.4. The third-order valence-electron chi connectivity index (χ3n) is 1.76. The average molecular weight is 221 g/mol. The Morgan fingerprint density at radius 3 is 2.47 bits per heavy atom. The zero-order chi connectivity index (χ0) is 11.6. The number of rotatable bonds is 3. The Bertz CT molecular complexity index is 395. The molecule has 0 fully saturated rings. The summed E-state index contributed by atoms with van der Waals surface area (Å²) in [6.07, 6.45) is 0. The molecule has 0 saturated heterocycles. The molecule has 0 heterocycles. The molecule has 1 aromatic rings. The summed E-state index contributed by atoms with van der Waals surface area (Å²) in [5.74, 6) is -5.15. The Balaban J connectivity index is 3.19. The number of halogens is 3. The number of nitrogens with zero attached hydrogens (tertiary/aromatic N) is 1. The first-order valence-corrected chi connectivity index (χ1v) is 3.81. The van der Waals surface area contributed by atoms with Crippen LogP contribution < -0.4 is 0 Å². The highest BCUT2D eigenvalue weighted by atomic mass is 19.3. The lowest BCUT2D eigenvalue weighted by Crippen LogP contribution is -2.20. The minimum Gasteiger partial charge on any atom is -0.390 e. The van der Waals surface area contributed by atoms with E-state index in [-0.39, 0.29) is 0 Å². The Labute approximate surface area is 82.1 Å². The van der Waals surface area contributed by atoms with Crippen LogP contribution in [0.1, 0.15) is 5.56 Å². The lowest BCUT2D eigenvalue weighted by atomic mass is 10.1. The SMILES string of the molecule is O=[N+]([O-])c1ccc(C(F)(F)CO)c(F)c1. The van der Waals surface area contributed by atoms with Crippen LogP contribution in [0.25, 0.3) is 0 Å². The number of non-ortho nitro benzene ring substituents is 1. The van der Waals surface area contributed by atoms with Gasteiger partial charge in [0.1, 0.15) is 12.4 Å². The topological polar surface area (TPSA) is 63.4 Å². The van der Waals surface area contributed by atoms with E-state index in [9.17, 15) is 23.3 Å². The summed E-state index contributed by atoms with van der Waals surface area (Å²) in [7, 11) is 0. The molecule has 0 bridgehead atoms. The number of nitro groups is 1. The van der Waals surface area contributed by atoms with E-state index in [0.717, 1.165) is 6.07 Å². The van der Waals surface area contributed by atoms with Crippen molar-refractivity contribution in [1.82, 2.24) is 0 Å². The van der Waals surface area contributed by atoms with Gasteiger partial charge >= 0.3 is 0 Å². The summed E-state index contributed by atoms with van der Waals surface area (Å²) in [5.41, 5.74) is -1.68. The molecule has 0 aliphatic carbocycles. The van der Waals surface area contributed by atoms with Gasteiger partial charge in [-0.3, -0.25) is 10.1 Å². The van der Waals surface area contributed by atoms with Crippen LogP contribution in [-0.4, -0.2) is 16.6 Å². The van der Waals surface area contributed by atoms with E-state index in [1.54, 1.807) is 0 Å². The molecule has 15 heavy (non-hydrogen) atoms. The van der Waals surface area contributed by atoms with Crippen molar-refractivity contribution in [3.63, 3.8) is 0 Å². The second kappa shape index (κ2) is 3.85. The number of hydrogen-bond acceptors (Lipinski definition) is 3. The molecule has 0 atom stereocenters. The van der Waals surface area contributed by atoms with Crippen molar-refractivity contribution in [1.29, 1.82) is 0 Å². The molecule has 4 nitrogen and oxygen atoms in total. The molecule has 1 rings (SSSR count). The molecule has 1 aromatic carbocycles. The fraction of sp³-hybridized carbons (Fsp3) is 0.250. The number of hydrogen-bond donors (Lipinski definition) is 1. The van der Waals surface area contributed by atoms with Crippen molar-refractivity contribution in [2.45, 2.75) is 5.92 Å². The number of aliphatic hydroxyl groups excluding tert-OH is 1. The predicted molar refractivity (Wildman–Crippen MR) is 44.0 cm³/mol. The molecule has 0 saturated carbocycles. The van der Waals surface area contributed by atoms with Gasteiger partial charge in [0.25, 0.3) is 11.6 Å². The number of aliphatic hydroxyl groups is 1. The van der Waals surface area contributed by atoms with Crippen LogP contribution in [0.3, 0.4) is 0 Å².